The van der Waals surface area contributed by atoms with Gasteiger partial charge in [-0.3, -0.25) is 9.78 Å². The van der Waals surface area contributed by atoms with Crippen LogP contribution >= 0.6 is 11.3 Å². The van der Waals surface area contributed by atoms with Gasteiger partial charge in [0.25, 0.3) is 11.8 Å². The van der Waals surface area contributed by atoms with E-state index in [1.54, 1.807) is 50.2 Å². The number of pyridine rings is 1. The summed E-state index contributed by atoms with van der Waals surface area (Å²) in [5.41, 5.74) is 2.05. The van der Waals surface area contributed by atoms with Gasteiger partial charge < -0.3 is 19.3 Å². The first-order valence-electron chi connectivity index (χ1n) is 8.87. The van der Waals surface area contributed by atoms with Gasteiger partial charge in [0, 0.05) is 41.5 Å². The second-order valence-electron chi connectivity index (χ2n) is 6.06. The molecule has 0 aliphatic carbocycles. The molecule has 3 aromatic heterocycles. The summed E-state index contributed by atoms with van der Waals surface area (Å²) in [6.07, 6.45) is 3.29. The molecule has 152 valence electrons. The lowest BCUT2D eigenvalue weighted by Crippen LogP contribution is -2.22. The highest BCUT2D eigenvalue weighted by atomic mass is 32.1. The Morgan fingerprint density at radius 2 is 1.97 bits per heavy atom. The molecule has 10 heteroatoms. The molecule has 30 heavy (non-hydrogen) atoms. The molecular formula is C20H17N5O4S. The fraction of sp³-hybridized carbons (Fsp3) is 0.150. The van der Waals surface area contributed by atoms with Crippen LogP contribution < -0.4 is 14.8 Å². The fourth-order valence-electron chi connectivity index (χ4n) is 2.67. The minimum Gasteiger partial charge on any atom is -0.497 e. The molecule has 0 atom stereocenters. The second kappa shape index (κ2) is 8.70. The van der Waals surface area contributed by atoms with Crippen molar-refractivity contribution < 1.29 is 18.8 Å². The number of benzene rings is 1. The highest BCUT2D eigenvalue weighted by Gasteiger charge is 2.17. The Hall–Kier alpha value is -3.79. The van der Waals surface area contributed by atoms with Crippen LogP contribution in [0.25, 0.3) is 23.0 Å². The topological polar surface area (TPSA) is 112 Å². The van der Waals surface area contributed by atoms with Gasteiger partial charge in [0.15, 0.2) is 5.01 Å². The molecule has 1 amide bonds. The summed E-state index contributed by atoms with van der Waals surface area (Å²) in [5, 5.41) is 8.78. The molecule has 0 spiro atoms. The van der Waals surface area contributed by atoms with Crippen LogP contribution in [0.2, 0.25) is 0 Å². The third-order valence-electron chi connectivity index (χ3n) is 4.22. The number of nitrogens with zero attached hydrogens (tertiary/aromatic N) is 4. The number of amides is 1. The van der Waals surface area contributed by atoms with E-state index in [9.17, 15) is 4.79 Å². The highest BCUT2D eigenvalue weighted by molar-refractivity contribution is 7.12. The Kier molecular flexibility index (Phi) is 5.66. The van der Waals surface area contributed by atoms with Gasteiger partial charge in [-0.05, 0) is 24.3 Å². The third-order valence-corrected chi connectivity index (χ3v) is 5.06. The molecular weight excluding hydrogens is 406 g/mol. The van der Waals surface area contributed by atoms with Crippen molar-refractivity contribution in [2.45, 2.75) is 6.54 Å². The zero-order valence-electron chi connectivity index (χ0n) is 16.2. The lowest BCUT2D eigenvalue weighted by atomic mass is 10.2. The summed E-state index contributed by atoms with van der Waals surface area (Å²) in [4.78, 5) is 25.1. The number of thiazole rings is 1. The molecule has 0 fully saturated rings. The van der Waals surface area contributed by atoms with E-state index in [4.69, 9.17) is 14.0 Å². The number of carbonyl (C=O) groups excluding carboxylic acids is 1. The quantitative estimate of drug-likeness (QED) is 0.482. The molecule has 1 N–H and O–H groups in total. The Labute approximate surface area is 175 Å². The van der Waals surface area contributed by atoms with Crippen molar-refractivity contribution in [3.05, 3.63) is 58.7 Å². The van der Waals surface area contributed by atoms with Crippen LogP contribution in [0.15, 0.2) is 52.6 Å². The van der Waals surface area contributed by atoms with Crippen molar-refractivity contribution in [2.75, 3.05) is 14.2 Å². The van der Waals surface area contributed by atoms with Gasteiger partial charge in [-0.25, -0.2) is 4.98 Å². The van der Waals surface area contributed by atoms with Crippen LogP contribution in [0.1, 0.15) is 15.4 Å². The zero-order chi connectivity index (χ0) is 20.9. The Morgan fingerprint density at radius 3 is 2.73 bits per heavy atom. The smallest absolute Gasteiger partial charge is 0.280 e. The molecule has 0 radical (unpaired) electrons. The molecule has 4 rings (SSSR count). The minimum atomic E-state index is -0.307. The van der Waals surface area contributed by atoms with E-state index in [1.165, 1.54) is 11.3 Å². The molecule has 0 saturated heterocycles. The molecule has 0 unspecified atom stereocenters. The monoisotopic (exact) mass is 423 g/mol. The van der Waals surface area contributed by atoms with Crippen molar-refractivity contribution in [1.29, 1.82) is 0 Å². The average molecular weight is 423 g/mol. The van der Waals surface area contributed by atoms with E-state index in [0.717, 1.165) is 11.1 Å². The number of ether oxygens (including phenoxy) is 2. The van der Waals surface area contributed by atoms with Gasteiger partial charge in [0.05, 0.1) is 14.2 Å². The normalized spacial score (nSPS) is 10.6. The summed E-state index contributed by atoms with van der Waals surface area (Å²) >= 11 is 1.20. The van der Waals surface area contributed by atoms with Crippen molar-refractivity contribution in [2.24, 2.45) is 0 Å². The summed E-state index contributed by atoms with van der Waals surface area (Å²) in [5.74, 6) is 1.67. The van der Waals surface area contributed by atoms with E-state index < -0.39 is 0 Å². The van der Waals surface area contributed by atoms with Crippen molar-refractivity contribution in [3.8, 4) is 34.5 Å². The Morgan fingerprint density at radius 1 is 1.13 bits per heavy atom. The molecule has 0 aliphatic rings. The van der Waals surface area contributed by atoms with Crippen LogP contribution in [0.4, 0.5) is 0 Å². The standard InChI is InChI=1S/C20H17N5O4S/c1-27-14-4-3-13(16(9-14)28-2)10-22-18(26)20-23-15(11-30-20)19-24-17(25-29-19)12-5-7-21-8-6-12/h3-9,11H,10H2,1-2H3,(H,22,26). The summed E-state index contributed by atoms with van der Waals surface area (Å²) in [7, 11) is 3.15. The molecule has 0 bridgehead atoms. The molecule has 0 saturated carbocycles. The lowest BCUT2D eigenvalue weighted by molar-refractivity contribution is 0.0950. The van der Waals surface area contributed by atoms with Gasteiger partial charge in [-0.2, -0.15) is 4.98 Å². The van der Waals surface area contributed by atoms with E-state index in [0.29, 0.717) is 28.0 Å². The highest BCUT2D eigenvalue weighted by Crippen LogP contribution is 2.25. The largest absolute Gasteiger partial charge is 0.497 e. The maximum atomic E-state index is 12.5. The van der Waals surface area contributed by atoms with E-state index in [2.05, 4.69) is 25.4 Å². The van der Waals surface area contributed by atoms with Crippen LogP contribution in [-0.4, -0.2) is 40.2 Å². The predicted molar refractivity (Wildman–Crippen MR) is 109 cm³/mol. The first-order chi connectivity index (χ1) is 14.7. The van der Waals surface area contributed by atoms with Crippen molar-refractivity contribution >= 4 is 17.2 Å². The van der Waals surface area contributed by atoms with Crippen LogP contribution in [0.5, 0.6) is 11.5 Å². The number of hydrogen-bond donors (Lipinski definition) is 1. The van der Waals surface area contributed by atoms with E-state index in [1.807, 2.05) is 12.1 Å². The zero-order valence-corrected chi connectivity index (χ0v) is 17.0. The maximum absolute atomic E-state index is 12.5. The number of rotatable bonds is 7. The molecule has 3 heterocycles. The van der Waals surface area contributed by atoms with E-state index in [-0.39, 0.29) is 18.3 Å². The van der Waals surface area contributed by atoms with Gasteiger partial charge >= 0.3 is 0 Å². The molecule has 0 aliphatic heterocycles. The third kappa shape index (κ3) is 4.13. The second-order valence-corrected chi connectivity index (χ2v) is 6.92. The summed E-state index contributed by atoms with van der Waals surface area (Å²) < 4.78 is 15.8. The van der Waals surface area contributed by atoms with Crippen molar-refractivity contribution in [1.82, 2.24) is 25.4 Å². The molecule has 1 aromatic carbocycles. The number of nitrogens with one attached hydrogen (secondary N) is 1. The summed E-state index contributed by atoms with van der Waals surface area (Å²) in [6, 6.07) is 8.97. The minimum absolute atomic E-state index is 0.244. The first-order valence-corrected chi connectivity index (χ1v) is 9.75. The Balaban J connectivity index is 1.44. The number of methoxy groups -OCH3 is 2. The molecule has 4 aromatic rings. The lowest BCUT2D eigenvalue weighted by Gasteiger charge is -2.10. The predicted octanol–water partition coefficient (Wildman–Crippen LogP) is 3.20. The van der Waals surface area contributed by atoms with Crippen molar-refractivity contribution in [3.63, 3.8) is 0 Å². The molecule has 9 nitrogen and oxygen atoms in total. The van der Waals surface area contributed by atoms with Gasteiger partial charge in [0.1, 0.15) is 17.2 Å². The fourth-order valence-corrected chi connectivity index (χ4v) is 3.38. The first kappa shape index (κ1) is 19.5. The van der Waals surface area contributed by atoms with Gasteiger partial charge in [-0.15, -0.1) is 11.3 Å². The van der Waals surface area contributed by atoms with Gasteiger partial charge in [0.2, 0.25) is 5.82 Å². The SMILES string of the molecule is COc1ccc(CNC(=O)c2nc(-c3nc(-c4ccncc4)no3)cs2)c(OC)c1. The van der Waals surface area contributed by atoms with Crippen LogP contribution in [-0.2, 0) is 6.54 Å². The number of hydrogen-bond acceptors (Lipinski definition) is 9. The van der Waals surface area contributed by atoms with Crippen LogP contribution in [0.3, 0.4) is 0 Å². The van der Waals surface area contributed by atoms with Gasteiger partial charge in [-0.1, -0.05) is 5.16 Å². The Bertz CT molecular complexity index is 1160. The summed E-state index contributed by atoms with van der Waals surface area (Å²) in [6.45, 7) is 0.285. The maximum Gasteiger partial charge on any atom is 0.280 e. The van der Waals surface area contributed by atoms with Crippen LogP contribution in [0, 0.1) is 0 Å². The number of carbonyl (C=O) groups is 1. The van der Waals surface area contributed by atoms with E-state index >= 15 is 0 Å². The average Bonchev–Trinajstić information content (AvgIpc) is 3.48. The number of aromatic nitrogens is 4.